The third-order valence-corrected chi connectivity index (χ3v) is 11.6. The van der Waals surface area contributed by atoms with E-state index in [-0.39, 0.29) is 17.1 Å². The summed E-state index contributed by atoms with van der Waals surface area (Å²) in [7, 11) is 0. The zero-order valence-corrected chi connectivity index (χ0v) is 40.1. The molecule has 354 valence electrons. The molecule has 0 spiro atoms. The van der Waals surface area contributed by atoms with Crippen molar-refractivity contribution in [2.75, 3.05) is 54.0 Å². The average Bonchev–Trinajstić information content (AvgIpc) is 3.38. The van der Waals surface area contributed by atoms with Crippen molar-refractivity contribution >= 4 is 41.1 Å². The molecule has 3 aromatic heterocycles. The number of rotatable bonds is 14. The van der Waals surface area contributed by atoms with E-state index in [4.69, 9.17) is 17.2 Å². The van der Waals surface area contributed by atoms with Crippen LogP contribution in [0.5, 0.6) is 0 Å². The number of hydrogen-bond acceptors (Lipinski definition) is 12. The van der Waals surface area contributed by atoms with E-state index in [0.717, 1.165) is 55.8 Å². The lowest BCUT2D eigenvalue weighted by molar-refractivity contribution is 0.0987. The Labute approximate surface area is 404 Å². The summed E-state index contributed by atoms with van der Waals surface area (Å²) >= 11 is 0. The predicted molar refractivity (Wildman–Crippen MR) is 276 cm³/mol. The molecule has 6 N–H and O–H groups in total. The van der Waals surface area contributed by atoms with Crippen LogP contribution in [0.3, 0.4) is 0 Å². The minimum absolute atomic E-state index is 0.233. The summed E-state index contributed by atoms with van der Waals surface area (Å²) in [5, 5.41) is 0. The average molecular weight is 925 g/mol. The molecule has 4 aromatic carbocycles. The predicted octanol–water partition coefficient (Wildman–Crippen LogP) is 8.33. The van der Waals surface area contributed by atoms with Crippen molar-refractivity contribution in [2.24, 2.45) is 17.2 Å². The number of amides is 3. The number of nitrogens with zero attached hydrogens (tertiary/aromatic N) is 9. The normalized spacial score (nSPS) is 11.8. The van der Waals surface area contributed by atoms with Crippen LogP contribution in [0.1, 0.15) is 82.3 Å². The van der Waals surface area contributed by atoms with Gasteiger partial charge in [-0.2, -0.15) is 0 Å². The molecule has 15 heteroatoms. The molecule has 0 unspecified atom stereocenters. The van der Waals surface area contributed by atoms with Gasteiger partial charge in [0, 0.05) is 56.0 Å². The lowest BCUT2D eigenvalue weighted by Crippen LogP contribution is -2.31. The van der Waals surface area contributed by atoms with Crippen molar-refractivity contribution in [3.05, 3.63) is 167 Å². The van der Waals surface area contributed by atoms with Crippen LogP contribution in [0, 0.1) is 13.8 Å². The monoisotopic (exact) mass is 924 g/mol. The molecular weight excluding hydrogens is 865 g/mol. The molecule has 0 atom stereocenters. The van der Waals surface area contributed by atoms with Gasteiger partial charge in [0.1, 0.15) is 17.1 Å². The highest BCUT2D eigenvalue weighted by molar-refractivity contribution is 5.93. The van der Waals surface area contributed by atoms with Crippen LogP contribution in [0.4, 0.5) is 17.8 Å². The molecule has 7 aromatic rings. The van der Waals surface area contributed by atoms with Gasteiger partial charge in [-0.25, -0.2) is 29.9 Å². The summed E-state index contributed by atoms with van der Waals surface area (Å²) < 4.78 is 0. The van der Waals surface area contributed by atoms with Gasteiger partial charge >= 0.3 is 0 Å². The van der Waals surface area contributed by atoms with Crippen molar-refractivity contribution in [3.8, 4) is 33.8 Å². The van der Waals surface area contributed by atoms with E-state index in [0.29, 0.717) is 41.5 Å². The first-order valence-corrected chi connectivity index (χ1v) is 23.1. The molecule has 0 bridgehead atoms. The molecule has 0 aliphatic carbocycles. The number of carbonyl (C=O) groups is 3. The summed E-state index contributed by atoms with van der Waals surface area (Å²) in [6, 6.07) is 40.8. The maximum atomic E-state index is 11.8. The Morgan fingerprint density at radius 1 is 0.493 bits per heavy atom. The minimum Gasteiger partial charge on any atom is -0.364 e. The van der Waals surface area contributed by atoms with E-state index in [9.17, 15) is 14.4 Å². The fourth-order valence-corrected chi connectivity index (χ4v) is 7.45. The highest BCUT2D eigenvalue weighted by atomic mass is 16.2. The van der Waals surface area contributed by atoms with Gasteiger partial charge in [-0.1, -0.05) is 109 Å². The third-order valence-electron chi connectivity index (χ3n) is 11.6. The molecule has 1 aliphatic rings. The van der Waals surface area contributed by atoms with E-state index < -0.39 is 17.7 Å². The summed E-state index contributed by atoms with van der Waals surface area (Å²) in [6.07, 6.45) is 3.09. The van der Waals surface area contributed by atoms with Crippen LogP contribution in [-0.4, -0.2) is 86.9 Å². The molecule has 4 heterocycles. The summed E-state index contributed by atoms with van der Waals surface area (Å²) in [5.41, 5.74) is 26.9. The maximum absolute atomic E-state index is 11.8. The smallest absolute Gasteiger partial charge is 0.267 e. The van der Waals surface area contributed by atoms with Gasteiger partial charge in [0.15, 0.2) is 0 Å². The number of anilines is 3. The van der Waals surface area contributed by atoms with Crippen molar-refractivity contribution in [3.63, 3.8) is 0 Å². The Morgan fingerprint density at radius 2 is 0.913 bits per heavy atom. The Balaban J connectivity index is 0.000000173. The van der Waals surface area contributed by atoms with Crippen LogP contribution >= 0.6 is 0 Å². The lowest BCUT2D eigenvalue weighted by Gasteiger charge is -2.27. The van der Waals surface area contributed by atoms with Gasteiger partial charge in [0.2, 0.25) is 17.8 Å². The molecule has 8 rings (SSSR count). The van der Waals surface area contributed by atoms with Gasteiger partial charge in [-0.15, -0.1) is 0 Å². The first kappa shape index (κ1) is 50.1. The van der Waals surface area contributed by atoms with Gasteiger partial charge in [-0.3, -0.25) is 14.4 Å². The highest BCUT2D eigenvalue weighted by Gasteiger charge is 2.20. The van der Waals surface area contributed by atoms with Crippen LogP contribution in [-0.2, 0) is 0 Å². The van der Waals surface area contributed by atoms with Gasteiger partial charge in [-0.05, 0) is 94.5 Å². The maximum Gasteiger partial charge on any atom is 0.267 e. The van der Waals surface area contributed by atoms with Crippen molar-refractivity contribution in [1.29, 1.82) is 0 Å². The third kappa shape index (κ3) is 13.2. The van der Waals surface area contributed by atoms with E-state index in [2.05, 4.69) is 72.9 Å². The Hall–Kier alpha value is -8.33. The van der Waals surface area contributed by atoms with Crippen LogP contribution in [0.2, 0.25) is 0 Å². The Kier molecular flexibility index (Phi) is 17.4. The van der Waals surface area contributed by atoms with E-state index in [1.165, 1.54) is 22.3 Å². The largest absolute Gasteiger partial charge is 0.364 e. The first-order chi connectivity index (χ1) is 33.3. The number of hydrogen-bond donors (Lipinski definition) is 3. The summed E-state index contributed by atoms with van der Waals surface area (Å²) in [4.78, 5) is 67.6. The number of primary amides is 3. The lowest BCUT2D eigenvalue weighted by atomic mass is 10.00. The number of nitrogens with two attached hydrogens (primary N) is 3. The fourth-order valence-electron chi connectivity index (χ4n) is 7.45. The second kappa shape index (κ2) is 23.9. The number of benzene rings is 4. The summed E-state index contributed by atoms with van der Waals surface area (Å²) in [6.45, 7) is 16.8. The van der Waals surface area contributed by atoms with Crippen molar-refractivity contribution < 1.29 is 14.4 Å². The number of aryl methyl sites for hydroxylation is 2. The van der Waals surface area contributed by atoms with E-state index in [1.807, 2.05) is 128 Å². The van der Waals surface area contributed by atoms with Crippen LogP contribution in [0.15, 0.2) is 133 Å². The molecule has 0 saturated heterocycles. The highest BCUT2D eigenvalue weighted by Crippen LogP contribution is 2.27. The number of aromatic nitrogens is 6. The zero-order valence-electron chi connectivity index (χ0n) is 40.1. The standard InChI is InChI=1S/C22H20N4O.C17H22N4O.C15H18N4O/c23-21(27)20-15-19(18-9-5-2-6-10-18)24-22(25-20)26-13-11-17(12-14-26)16-7-3-1-4-8-16;1-5-21(6-2)17-19-14(10-15(20-17)16(18)22)13-8-7-11(3)12(4)9-13;1-3-19(4-2)15-17-12(10-13(18-15)14(16)20)11-8-6-5-7-9-11/h1-11,15H,12-14H2,(H2,23,27);7-10H,5-6H2,1-4H3,(H2,18,22);5-10H,3-4H2,1-2H3,(H2,16,20). The second-order valence-electron chi connectivity index (χ2n) is 16.1. The summed E-state index contributed by atoms with van der Waals surface area (Å²) in [5.74, 6) is -0.0274. The molecule has 0 fully saturated rings. The quantitative estimate of drug-likeness (QED) is 0.0938. The molecule has 0 saturated carbocycles. The van der Waals surface area contributed by atoms with Gasteiger partial charge in [0.05, 0.1) is 17.1 Å². The van der Waals surface area contributed by atoms with Crippen LogP contribution < -0.4 is 31.9 Å². The first-order valence-electron chi connectivity index (χ1n) is 23.1. The molecule has 69 heavy (non-hydrogen) atoms. The van der Waals surface area contributed by atoms with Crippen molar-refractivity contribution in [1.82, 2.24) is 29.9 Å². The van der Waals surface area contributed by atoms with Gasteiger partial charge < -0.3 is 31.9 Å². The molecule has 0 radical (unpaired) electrons. The molecular formula is C54H60N12O3. The van der Waals surface area contributed by atoms with E-state index in [1.54, 1.807) is 18.2 Å². The van der Waals surface area contributed by atoms with Gasteiger partial charge in [0.25, 0.3) is 17.7 Å². The molecule has 3 amide bonds. The van der Waals surface area contributed by atoms with Crippen molar-refractivity contribution in [2.45, 2.75) is 48.0 Å². The fraction of sp³-hybridized carbons (Fsp3) is 0.241. The topological polar surface area (TPSA) is 216 Å². The van der Waals surface area contributed by atoms with Crippen LogP contribution in [0.25, 0.3) is 39.3 Å². The second-order valence-corrected chi connectivity index (χ2v) is 16.1. The number of carbonyl (C=O) groups excluding carboxylic acids is 3. The Bertz CT molecular complexity index is 2890. The zero-order chi connectivity index (χ0) is 49.5. The minimum atomic E-state index is -0.548. The SMILES string of the molecule is CCN(CC)c1nc(C(N)=O)cc(-c2ccc(C)c(C)c2)n1.CCN(CC)c1nc(C(N)=O)cc(-c2ccccc2)n1.NC(=O)c1cc(-c2ccccc2)nc(N2CC=C(c3ccccc3)CC2)n1. The van der Waals surface area contributed by atoms with E-state index >= 15 is 0 Å². The Morgan fingerprint density at radius 3 is 1.32 bits per heavy atom. The molecule has 15 nitrogen and oxygen atoms in total. The molecule has 1 aliphatic heterocycles.